The predicted molar refractivity (Wildman–Crippen MR) is 68.9 cm³/mol. The van der Waals surface area contributed by atoms with Crippen LogP contribution in [0.1, 0.15) is 28.4 Å². The normalized spacial score (nSPS) is 12.2. The number of hydrogen-bond donors (Lipinski definition) is 3. The largest absolute Gasteiger partial charge is 0.398 e. The molecule has 94 valence electrons. The van der Waals surface area contributed by atoms with Gasteiger partial charge >= 0.3 is 0 Å². The minimum atomic E-state index is -0.144. The third-order valence-electron chi connectivity index (χ3n) is 2.78. The first-order chi connectivity index (χ1) is 7.95. The van der Waals surface area contributed by atoms with E-state index in [9.17, 15) is 4.79 Å². The van der Waals surface area contributed by atoms with Crippen LogP contribution in [0.5, 0.6) is 0 Å². The van der Waals surface area contributed by atoms with E-state index in [4.69, 9.17) is 10.8 Å². The predicted octanol–water partition coefficient (Wildman–Crippen LogP) is 1.24. The number of nitrogens with two attached hydrogens (primary N) is 1. The van der Waals surface area contributed by atoms with Gasteiger partial charge in [-0.2, -0.15) is 0 Å². The minimum absolute atomic E-state index is 0.0575. The number of aliphatic hydroxyl groups is 1. The molecule has 1 atom stereocenters. The maximum absolute atomic E-state index is 11.9. The van der Waals surface area contributed by atoms with E-state index >= 15 is 0 Å². The van der Waals surface area contributed by atoms with Crippen molar-refractivity contribution in [2.24, 2.45) is 5.92 Å². The first-order valence-electron chi connectivity index (χ1n) is 5.71. The fourth-order valence-electron chi connectivity index (χ4n) is 1.54. The van der Waals surface area contributed by atoms with Crippen molar-refractivity contribution in [3.05, 3.63) is 28.8 Å². The molecule has 0 fully saturated rings. The average Bonchev–Trinajstić information content (AvgIpc) is 2.30. The molecule has 0 aliphatic rings. The van der Waals surface area contributed by atoms with Gasteiger partial charge in [0.15, 0.2) is 0 Å². The molecule has 0 aliphatic heterocycles. The Kier molecular flexibility index (Phi) is 4.52. The summed E-state index contributed by atoms with van der Waals surface area (Å²) in [6, 6.07) is 3.60. The lowest BCUT2D eigenvalue weighted by atomic mass is 10.0. The van der Waals surface area contributed by atoms with Gasteiger partial charge in [-0.3, -0.25) is 4.79 Å². The van der Waals surface area contributed by atoms with E-state index in [1.165, 1.54) is 0 Å². The van der Waals surface area contributed by atoms with Gasteiger partial charge in [-0.1, -0.05) is 13.0 Å². The molecule has 0 heterocycles. The second kappa shape index (κ2) is 5.68. The Labute approximate surface area is 102 Å². The van der Waals surface area contributed by atoms with Crippen molar-refractivity contribution < 1.29 is 9.90 Å². The Hall–Kier alpha value is -1.55. The van der Waals surface area contributed by atoms with Crippen molar-refractivity contribution in [3.8, 4) is 0 Å². The second-order valence-electron chi connectivity index (χ2n) is 4.52. The zero-order valence-corrected chi connectivity index (χ0v) is 10.6. The van der Waals surface area contributed by atoms with Crippen molar-refractivity contribution >= 4 is 11.6 Å². The molecule has 0 radical (unpaired) electrons. The highest BCUT2D eigenvalue weighted by Crippen LogP contribution is 2.17. The number of rotatable bonds is 4. The quantitative estimate of drug-likeness (QED) is 0.689. The summed E-state index contributed by atoms with van der Waals surface area (Å²) in [7, 11) is 0. The van der Waals surface area contributed by atoms with E-state index in [2.05, 4.69) is 5.32 Å². The van der Waals surface area contributed by atoms with E-state index in [-0.39, 0.29) is 18.4 Å². The minimum Gasteiger partial charge on any atom is -0.398 e. The molecule has 4 N–H and O–H groups in total. The maximum Gasteiger partial charge on any atom is 0.251 e. The molecule has 0 spiro atoms. The van der Waals surface area contributed by atoms with Gasteiger partial charge in [0.1, 0.15) is 0 Å². The lowest BCUT2D eigenvalue weighted by Gasteiger charge is -2.12. The summed E-state index contributed by atoms with van der Waals surface area (Å²) in [5.41, 5.74) is 8.89. The zero-order chi connectivity index (χ0) is 13.0. The lowest BCUT2D eigenvalue weighted by Crippen LogP contribution is -2.30. The molecule has 1 amide bonds. The third kappa shape index (κ3) is 3.46. The van der Waals surface area contributed by atoms with Crippen molar-refractivity contribution in [2.45, 2.75) is 20.8 Å². The highest BCUT2D eigenvalue weighted by Gasteiger charge is 2.11. The van der Waals surface area contributed by atoms with E-state index < -0.39 is 0 Å². The summed E-state index contributed by atoms with van der Waals surface area (Å²) in [6.07, 6.45) is 0. The van der Waals surface area contributed by atoms with Crippen LogP contribution >= 0.6 is 0 Å². The Balaban J connectivity index is 2.79. The molecule has 0 saturated heterocycles. The maximum atomic E-state index is 11.9. The van der Waals surface area contributed by atoms with E-state index in [1.807, 2.05) is 26.8 Å². The van der Waals surface area contributed by atoms with Gasteiger partial charge in [0.25, 0.3) is 5.91 Å². The van der Waals surface area contributed by atoms with Crippen LogP contribution in [-0.2, 0) is 0 Å². The van der Waals surface area contributed by atoms with E-state index in [1.54, 1.807) is 6.07 Å². The second-order valence-corrected chi connectivity index (χ2v) is 4.52. The van der Waals surface area contributed by atoms with Crippen molar-refractivity contribution in [3.63, 3.8) is 0 Å². The Morgan fingerprint density at radius 1 is 1.41 bits per heavy atom. The molecule has 1 aromatic rings. The fourth-order valence-corrected chi connectivity index (χ4v) is 1.54. The van der Waals surface area contributed by atoms with Crippen molar-refractivity contribution in [1.82, 2.24) is 5.32 Å². The van der Waals surface area contributed by atoms with Crippen LogP contribution < -0.4 is 11.1 Å². The van der Waals surface area contributed by atoms with Crippen LogP contribution in [0.3, 0.4) is 0 Å². The number of amides is 1. The number of nitrogen functional groups attached to an aromatic ring is 1. The number of nitrogens with one attached hydrogen (secondary N) is 1. The molecule has 1 aromatic carbocycles. The number of hydrogen-bond acceptors (Lipinski definition) is 3. The first kappa shape index (κ1) is 13.5. The lowest BCUT2D eigenvalue weighted by molar-refractivity contribution is 0.0941. The summed E-state index contributed by atoms with van der Waals surface area (Å²) in [5, 5.41) is 11.7. The summed E-state index contributed by atoms with van der Waals surface area (Å²) >= 11 is 0. The average molecular weight is 236 g/mol. The van der Waals surface area contributed by atoms with E-state index in [0.29, 0.717) is 17.8 Å². The monoisotopic (exact) mass is 236 g/mol. The number of carbonyl (C=O) groups is 1. The molecule has 1 unspecified atom stereocenters. The Morgan fingerprint density at radius 3 is 2.65 bits per heavy atom. The molecular formula is C13H20N2O2. The summed E-state index contributed by atoms with van der Waals surface area (Å²) in [4.78, 5) is 11.9. The Morgan fingerprint density at radius 2 is 2.06 bits per heavy atom. The molecule has 0 aromatic heterocycles. The van der Waals surface area contributed by atoms with Crippen LogP contribution in [-0.4, -0.2) is 24.2 Å². The van der Waals surface area contributed by atoms with Gasteiger partial charge < -0.3 is 16.2 Å². The molecule has 4 nitrogen and oxygen atoms in total. The third-order valence-corrected chi connectivity index (χ3v) is 2.78. The molecule has 4 heteroatoms. The number of benzene rings is 1. The SMILES string of the molecule is Cc1cc(C)c(C(=O)NCC(C)CO)cc1N. The number of aryl methyl sites for hydroxylation is 2. The number of carbonyl (C=O) groups excluding carboxylic acids is 1. The van der Waals surface area contributed by atoms with Crippen molar-refractivity contribution in [2.75, 3.05) is 18.9 Å². The van der Waals surface area contributed by atoms with Crippen LogP contribution in [0.4, 0.5) is 5.69 Å². The molecular weight excluding hydrogens is 216 g/mol. The van der Waals surface area contributed by atoms with Gasteiger partial charge in [-0.25, -0.2) is 0 Å². The highest BCUT2D eigenvalue weighted by atomic mass is 16.3. The highest BCUT2D eigenvalue weighted by molar-refractivity contribution is 5.96. The van der Waals surface area contributed by atoms with Crippen LogP contribution in [0.2, 0.25) is 0 Å². The van der Waals surface area contributed by atoms with Crippen LogP contribution in [0.15, 0.2) is 12.1 Å². The molecule has 0 bridgehead atoms. The van der Waals surface area contributed by atoms with Gasteiger partial charge in [0.05, 0.1) is 0 Å². The topological polar surface area (TPSA) is 75.3 Å². The summed E-state index contributed by atoms with van der Waals surface area (Å²) in [6.45, 7) is 6.20. The molecule has 17 heavy (non-hydrogen) atoms. The van der Waals surface area contributed by atoms with Gasteiger partial charge in [-0.05, 0) is 37.0 Å². The smallest absolute Gasteiger partial charge is 0.251 e. The van der Waals surface area contributed by atoms with Gasteiger partial charge in [0.2, 0.25) is 0 Å². The summed E-state index contributed by atoms with van der Waals surface area (Å²) < 4.78 is 0. The molecule has 0 saturated carbocycles. The standard InChI is InChI=1S/C13H20N2O2/c1-8(7-16)6-15-13(17)11-5-12(14)10(3)4-9(11)2/h4-5,8,16H,6-7,14H2,1-3H3,(H,15,17). The zero-order valence-electron chi connectivity index (χ0n) is 10.6. The number of anilines is 1. The molecule has 1 rings (SSSR count). The van der Waals surface area contributed by atoms with Gasteiger partial charge in [-0.15, -0.1) is 0 Å². The van der Waals surface area contributed by atoms with Crippen LogP contribution in [0.25, 0.3) is 0 Å². The summed E-state index contributed by atoms with van der Waals surface area (Å²) in [5.74, 6) is -0.0865. The van der Waals surface area contributed by atoms with Gasteiger partial charge in [0, 0.05) is 24.4 Å². The first-order valence-corrected chi connectivity index (χ1v) is 5.71. The fraction of sp³-hybridized carbons (Fsp3) is 0.462. The van der Waals surface area contributed by atoms with E-state index in [0.717, 1.165) is 11.1 Å². The number of aliphatic hydroxyl groups excluding tert-OH is 1. The molecule has 0 aliphatic carbocycles. The van der Waals surface area contributed by atoms with Crippen LogP contribution in [0, 0.1) is 19.8 Å². The van der Waals surface area contributed by atoms with Crippen molar-refractivity contribution in [1.29, 1.82) is 0 Å². The Bertz CT molecular complexity index is 416.